The zero-order chi connectivity index (χ0) is 21.3. The number of benzene rings is 1. The summed E-state index contributed by atoms with van der Waals surface area (Å²) in [5, 5.41) is 0. The van der Waals surface area contributed by atoms with E-state index in [9.17, 15) is 9.59 Å². The summed E-state index contributed by atoms with van der Waals surface area (Å²) >= 11 is 0. The average Bonchev–Trinajstić information content (AvgIpc) is 3.38. The maximum absolute atomic E-state index is 12.3. The minimum Gasteiger partial charge on any atom is -0.454 e. The van der Waals surface area contributed by atoms with Gasteiger partial charge in [0.1, 0.15) is 6.29 Å². The molecule has 0 saturated carbocycles. The Bertz CT molecular complexity index is 807. The second-order valence-electron chi connectivity index (χ2n) is 9.82. The molecule has 6 nitrogen and oxygen atoms in total. The van der Waals surface area contributed by atoms with E-state index >= 15 is 0 Å². The van der Waals surface area contributed by atoms with Gasteiger partial charge in [-0.15, -0.1) is 0 Å². The zero-order valence-corrected chi connectivity index (χ0v) is 18.5. The van der Waals surface area contributed by atoms with Gasteiger partial charge in [0, 0.05) is 32.1 Å². The lowest BCUT2D eigenvalue weighted by Gasteiger charge is -2.25. The van der Waals surface area contributed by atoms with Crippen molar-refractivity contribution in [3.63, 3.8) is 0 Å². The molecule has 0 bridgehead atoms. The maximum Gasteiger partial charge on any atom is 0.231 e. The van der Waals surface area contributed by atoms with Gasteiger partial charge in [0.05, 0.1) is 6.54 Å². The lowest BCUT2D eigenvalue weighted by molar-refractivity contribution is -0.128. The number of rotatable bonds is 8. The molecule has 0 spiro atoms. The normalized spacial score (nSPS) is 25.3. The van der Waals surface area contributed by atoms with E-state index in [2.05, 4.69) is 37.8 Å². The van der Waals surface area contributed by atoms with E-state index in [0.717, 1.165) is 63.1 Å². The quantitative estimate of drug-likeness (QED) is 0.611. The van der Waals surface area contributed by atoms with Gasteiger partial charge in [-0.1, -0.05) is 33.3 Å². The van der Waals surface area contributed by atoms with Crippen molar-refractivity contribution < 1.29 is 19.1 Å². The molecule has 0 aliphatic carbocycles. The lowest BCUT2D eigenvalue weighted by Crippen LogP contribution is -2.36. The van der Waals surface area contributed by atoms with Crippen LogP contribution < -0.4 is 9.47 Å². The number of hydrogen-bond acceptors (Lipinski definition) is 5. The summed E-state index contributed by atoms with van der Waals surface area (Å²) in [7, 11) is 0. The zero-order valence-electron chi connectivity index (χ0n) is 18.5. The monoisotopic (exact) mass is 414 g/mol. The van der Waals surface area contributed by atoms with E-state index < -0.39 is 0 Å². The van der Waals surface area contributed by atoms with Gasteiger partial charge in [0.15, 0.2) is 11.5 Å². The summed E-state index contributed by atoms with van der Waals surface area (Å²) in [6.07, 6.45) is 5.59. The fourth-order valence-electron chi connectivity index (χ4n) is 5.33. The molecule has 0 aromatic heterocycles. The second-order valence-corrected chi connectivity index (χ2v) is 9.82. The van der Waals surface area contributed by atoms with Crippen LogP contribution in [-0.2, 0) is 16.0 Å². The molecular formula is C24H34N2O4. The Hall–Kier alpha value is -2.08. The highest BCUT2D eigenvalue weighted by Gasteiger charge is 2.38. The number of likely N-dealkylation sites (tertiary alicyclic amines) is 2. The Morgan fingerprint density at radius 2 is 2.10 bits per heavy atom. The summed E-state index contributed by atoms with van der Waals surface area (Å²) in [6, 6.07) is 4.72. The fraction of sp³-hybridized carbons (Fsp3) is 0.667. The van der Waals surface area contributed by atoms with Crippen molar-refractivity contribution in [2.24, 2.45) is 5.41 Å². The Morgan fingerprint density at radius 3 is 2.80 bits per heavy atom. The SMILES string of the molecule is CCCc1cc(C2C[C@H](CCN3CC(C)(C)CC3=O)N(CC=O)C2)cc2c1OCO2. The van der Waals surface area contributed by atoms with Crippen LogP contribution in [0.15, 0.2) is 12.1 Å². The van der Waals surface area contributed by atoms with Crippen LogP contribution in [0.3, 0.4) is 0 Å². The molecule has 6 heteroatoms. The summed E-state index contributed by atoms with van der Waals surface area (Å²) in [6.45, 7) is 9.70. The first-order chi connectivity index (χ1) is 14.4. The van der Waals surface area contributed by atoms with Crippen molar-refractivity contribution in [1.29, 1.82) is 0 Å². The predicted molar refractivity (Wildman–Crippen MR) is 115 cm³/mol. The topological polar surface area (TPSA) is 59.1 Å². The van der Waals surface area contributed by atoms with Crippen LogP contribution >= 0.6 is 0 Å². The molecular weight excluding hydrogens is 380 g/mol. The number of aldehydes is 1. The fourth-order valence-corrected chi connectivity index (χ4v) is 5.33. The van der Waals surface area contributed by atoms with Gasteiger partial charge in [-0.2, -0.15) is 0 Å². The summed E-state index contributed by atoms with van der Waals surface area (Å²) in [5.41, 5.74) is 2.57. The minimum atomic E-state index is 0.0694. The van der Waals surface area contributed by atoms with Gasteiger partial charge < -0.3 is 19.2 Å². The van der Waals surface area contributed by atoms with E-state index in [1.165, 1.54) is 11.1 Å². The van der Waals surface area contributed by atoms with Crippen molar-refractivity contribution in [1.82, 2.24) is 9.80 Å². The van der Waals surface area contributed by atoms with E-state index in [-0.39, 0.29) is 11.3 Å². The van der Waals surface area contributed by atoms with Crippen LogP contribution in [0.4, 0.5) is 0 Å². The molecule has 0 N–H and O–H groups in total. The number of nitrogens with zero attached hydrogens (tertiary/aromatic N) is 2. The molecule has 2 atom stereocenters. The van der Waals surface area contributed by atoms with Crippen molar-refractivity contribution in [3.8, 4) is 11.5 Å². The molecule has 3 aliphatic heterocycles. The molecule has 1 amide bonds. The summed E-state index contributed by atoms with van der Waals surface area (Å²) in [4.78, 5) is 27.9. The highest BCUT2D eigenvalue weighted by molar-refractivity contribution is 5.79. The van der Waals surface area contributed by atoms with E-state index in [0.29, 0.717) is 31.7 Å². The summed E-state index contributed by atoms with van der Waals surface area (Å²) in [5.74, 6) is 2.38. The van der Waals surface area contributed by atoms with Gasteiger partial charge in [-0.25, -0.2) is 0 Å². The first-order valence-corrected chi connectivity index (χ1v) is 11.3. The highest BCUT2D eigenvalue weighted by Crippen LogP contribution is 2.42. The number of amides is 1. The molecule has 1 unspecified atom stereocenters. The first kappa shape index (κ1) is 21.2. The van der Waals surface area contributed by atoms with Crippen LogP contribution in [-0.4, -0.2) is 61.0 Å². The molecule has 2 fully saturated rings. The Kier molecular flexibility index (Phi) is 6.05. The Labute approximate surface area is 179 Å². The molecule has 30 heavy (non-hydrogen) atoms. The third kappa shape index (κ3) is 4.34. The second kappa shape index (κ2) is 8.58. The average molecular weight is 415 g/mol. The third-order valence-corrected chi connectivity index (χ3v) is 6.73. The Balaban J connectivity index is 1.47. The van der Waals surface area contributed by atoms with Gasteiger partial charge >= 0.3 is 0 Å². The molecule has 2 saturated heterocycles. The van der Waals surface area contributed by atoms with E-state index in [1.807, 2.05) is 4.90 Å². The number of carbonyl (C=O) groups is 2. The lowest BCUT2D eigenvalue weighted by atomic mass is 9.92. The minimum absolute atomic E-state index is 0.0694. The van der Waals surface area contributed by atoms with Gasteiger partial charge in [-0.05, 0) is 47.8 Å². The molecule has 3 heterocycles. The van der Waals surface area contributed by atoms with Crippen LogP contribution in [0.5, 0.6) is 11.5 Å². The third-order valence-electron chi connectivity index (χ3n) is 6.73. The number of carbonyl (C=O) groups excluding carboxylic acids is 2. The molecule has 4 rings (SSSR count). The molecule has 1 aromatic rings. The van der Waals surface area contributed by atoms with Crippen LogP contribution in [0.25, 0.3) is 0 Å². The number of hydrogen-bond donors (Lipinski definition) is 0. The van der Waals surface area contributed by atoms with Crippen LogP contribution in [0.1, 0.15) is 63.5 Å². The van der Waals surface area contributed by atoms with Crippen LogP contribution in [0.2, 0.25) is 0 Å². The standard InChI is InChI=1S/C24H34N2O4/c1-4-5-17-10-18(12-21-23(17)30-16-29-21)19-11-20(25(14-19)8-9-27)6-7-26-15-24(2,3)13-22(26)28/h9-10,12,19-20H,4-8,11,13-16H2,1-3H3/t19?,20-/m0/s1. The predicted octanol–water partition coefficient (Wildman–Crippen LogP) is 3.37. The van der Waals surface area contributed by atoms with Crippen molar-refractivity contribution in [3.05, 3.63) is 23.3 Å². The number of ether oxygens (including phenoxy) is 2. The van der Waals surface area contributed by atoms with Gasteiger partial charge in [0.25, 0.3) is 0 Å². The number of aryl methyl sites for hydroxylation is 1. The highest BCUT2D eigenvalue weighted by atomic mass is 16.7. The van der Waals surface area contributed by atoms with Crippen molar-refractivity contribution in [2.75, 3.05) is 33.0 Å². The van der Waals surface area contributed by atoms with E-state index in [4.69, 9.17) is 9.47 Å². The van der Waals surface area contributed by atoms with E-state index in [1.54, 1.807) is 0 Å². The first-order valence-electron chi connectivity index (χ1n) is 11.3. The molecule has 3 aliphatic rings. The molecule has 1 aromatic carbocycles. The largest absolute Gasteiger partial charge is 0.454 e. The number of fused-ring (bicyclic) bond motifs is 1. The maximum atomic E-state index is 12.3. The summed E-state index contributed by atoms with van der Waals surface area (Å²) < 4.78 is 11.4. The van der Waals surface area contributed by atoms with Gasteiger partial charge in [0.2, 0.25) is 12.7 Å². The molecule has 0 radical (unpaired) electrons. The van der Waals surface area contributed by atoms with Crippen molar-refractivity contribution >= 4 is 12.2 Å². The van der Waals surface area contributed by atoms with Crippen LogP contribution in [0, 0.1) is 5.41 Å². The smallest absolute Gasteiger partial charge is 0.231 e. The van der Waals surface area contributed by atoms with Gasteiger partial charge in [-0.3, -0.25) is 9.69 Å². The molecule has 164 valence electrons. The Morgan fingerprint density at radius 1 is 1.27 bits per heavy atom. The van der Waals surface area contributed by atoms with Crippen molar-refractivity contribution in [2.45, 2.75) is 64.8 Å².